The summed E-state index contributed by atoms with van der Waals surface area (Å²) in [7, 11) is 0. The number of carbonyl (C=O) groups excluding carboxylic acids is 1. The van der Waals surface area contributed by atoms with Crippen LogP contribution in [0.25, 0.3) is 0 Å². The number of nitrogens with one attached hydrogen (secondary N) is 1. The van der Waals surface area contributed by atoms with Crippen LogP contribution in [0.2, 0.25) is 0 Å². The van der Waals surface area contributed by atoms with Crippen molar-refractivity contribution in [2.24, 2.45) is 5.73 Å². The Morgan fingerprint density at radius 3 is 2.89 bits per heavy atom. The molecular formula is C14H22N2O2. The minimum atomic E-state index is -0.0791. The minimum absolute atomic E-state index is 0.0583. The minimum Gasteiger partial charge on any atom is -0.494 e. The van der Waals surface area contributed by atoms with E-state index in [4.69, 9.17) is 10.5 Å². The van der Waals surface area contributed by atoms with E-state index in [2.05, 4.69) is 12.2 Å². The predicted octanol–water partition coefficient (Wildman–Crippen LogP) is 2.54. The second-order valence-electron chi connectivity index (χ2n) is 4.30. The summed E-state index contributed by atoms with van der Waals surface area (Å²) < 4.78 is 5.50. The van der Waals surface area contributed by atoms with Gasteiger partial charge in [0, 0.05) is 24.2 Å². The Bertz CT molecular complexity index is 380. The number of anilines is 1. The second kappa shape index (κ2) is 7.71. The molecule has 0 aliphatic carbocycles. The molecule has 0 aromatic heterocycles. The van der Waals surface area contributed by atoms with Gasteiger partial charge in [-0.1, -0.05) is 19.9 Å². The molecule has 0 aliphatic heterocycles. The third-order valence-corrected chi connectivity index (χ3v) is 2.56. The molecule has 0 radical (unpaired) electrons. The van der Waals surface area contributed by atoms with Crippen LogP contribution < -0.4 is 15.8 Å². The van der Waals surface area contributed by atoms with Gasteiger partial charge in [-0.05, 0) is 25.0 Å². The van der Waals surface area contributed by atoms with Gasteiger partial charge in [-0.2, -0.15) is 0 Å². The van der Waals surface area contributed by atoms with Gasteiger partial charge in [0.1, 0.15) is 5.75 Å². The molecule has 1 rings (SSSR count). The molecule has 0 aliphatic rings. The first-order chi connectivity index (χ1) is 8.65. The normalized spacial score (nSPS) is 11.9. The molecule has 0 bridgehead atoms. The van der Waals surface area contributed by atoms with E-state index < -0.39 is 0 Å². The maximum atomic E-state index is 11.7. The molecule has 3 N–H and O–H groups in total. The lowest BCUT2D eigenvalue weighted by molar-refractivity contribution is -0.116. The lowest BCUT2D eigenvalue weighted by atomic mass is 10.1. The molecule has 0 spiro atoms. The van der Waals surface area contributed by atoms with E-state index in [0.717, 1.165) is 24.3 Å². The average molecular weight is 250 g/mol. The predicted molar refractivity (Wildman–Crippen MR) is 73.7 cm³/mol. The fraction of sp³-hybridized carbons (Fsp3) is 0.500. The second-order valence-corrected chi connectivity index (χ2v) is 4.30. The quantitative estimate of drug-likeness (QED) is 0.781. The van der Waals surface area contributed by atoms with E-state index in [1.165, 1.54) is 0 Å². The Hall–Kier alpha value is -1.55. The van der Waals surface area contributed by atoms with Crippen LogP contribution in [0.1, 0.15) is 33.1 Å². The highest BCUT2D eigenvalue weighted by molar-refractivity contribution is 5.91. The van der Waals surface area contributed by atoms with E-state index in [1.807, 2.05) is 31.2 Å². The van der Waals surface area contributed by atoms with Crippen LogP contribution in [0.5, 0.6) is 5.75 Å². The first-order valence-electron chi connectivity index (χ1n) is 6.44. The molecule has 18 heavy (non-hydrogen) atoms. The number of nitrogens with two attached hydrogens (primary N) is 1. The highest BCUT2D eigenvalue weighted by Gasteiger charge is 2.08. The summed E-state index contributed by atoms with van der Waals surface area (Å²) in [5.41, 5.74) is 6.48. The first kappa shape index (κ1) is 14.5. The molecule has 1 aromatic rings. The molecule has 100 valence electrons. The maximum absolute atomic E-state index is 11.7. The van der Waals surface area contributed by atoms with Gasteiger partial charge in [0.05, 0.1) is 6.61 Å². The number of hydrogen-bond donors (Lipinski definition) is 2. The molecule has 1 unspecified atom stereocenters. The zero-order valence-corrected chi connectivity index (χ0v) is 11.1. The van der Waals surface area contributed by atoms with Gasteiger partial charge >= 0.3 is 0 Å². The van der Waals surface area contributed by atoms with Crippen LogP contribution in [0.4, 0.5) is 5.69 Å². The van der Waals surface area contributed by atoms with Crippen molar-refractivity contribution >= 4 is 11.6 Å². The molecule has 1 amide bonds. The first-order valence-corrected chi connectivity index (χ1v) is 6.44. The number of amides is 1. The van der Waals surface area contributed by atoms with E-state index >= 15 is 0 Å². The lowest BCUT2D eigenvalue weighted by Crippen LogP contribution is -2.26. The molecule has 4 nitrogen and oxygen atoms in total. The zero-order chi connectivity index (χ0) is 13.4. The van der Waals surface area contributed by atoms with Crippen molar-refractivity contribution in [3.63, 3.8) is 0 Å². The van der Waals surface area contributed by atoms with E-state index in [0.29, 0.717) is 13.0 Å². The monoisotopic (exact) mass is 250 g/mol. The van der Waals surface area contributed by atoms with Crippen molar-refractivity contribution in [2.45, 2.75) is 39.2 Å². The zero-order valence-electron chi connectivity index (χ0n) is 11.1. The number of benzene rings is 1. The number of ether oxygens (including phenoxy) is 1. The fourth-order valence-electron chi connectivity index (χ4n) is 1.48. The van der Waals surface area contributed by atoms with Gasteiger partial charge in [-0.3, -0.25) is 4.79 Å². The van der Waals surface area contributed by atoms with Crippen LogP contribution in [0.3, 0.4) is 0 Å². The van der Waals surface area contributed by atoms with E-state index in [9.17, 15) is 4.79 Å². The van der Waals surface area contributed by atoms with Crippen molar-refractivity contribution in [1.82, 2.24) is 0 Å². The summed E-state index contributed by atoms with van der Waals surface area (Å²) >= 11 is 0. The van der Waals surface area contributed by atoms with Gasteiger partial charge in [0.2, 0.25) is 5.91 Å². The van der Waals surface area contributed by atoms with E-state index in [1.54, 1.807) is 0 Å². The topological polar surface area (TPSA) is 64.3 Å². The summed E-state index contributed by atoms with van der Waals surface area (Å²) in [5, 5.41) is 2.83. The summed E-state index contributed by atoms with van der Waals surface area (Å²) in [5.74, 6) is 0.714. The molecule has 1 aromatic carbocycles. The highest BCUT2D eigenvalue weighted by Crippen LogP contribution is 2.17. The van der Waals surface area contributed by atoms with Crippen molar-refractivity contribution in [2.75, 3.05) is 11.9 Å². The molecule has 0 saturated carbocycles. The Labute approximate surface area is 109 Å². The summed E-state index contributed by atoms with van der Waals surface area (Å²) in [6, 6.07) is 7.33. The van der Waals surface area contributed by atoms with Gasteiger partial charge in [0.15, 0.2) is 0 Å². The van der Waals surface area contributed by atoms with E-state index in [-0.39, 0.29) is 11.9 Å². The van der Waals surface area contributed by atoms with Crippen molar-refractivity contribution in [3.8, 4) is 5.75 Å². The van der Waals surface area contributed by atoms with Crippen molar-refractivity contribution in [1.29, 1.82) is 0 Å². The van der Waals surface area contributed by atoms with Gasteiger partial charge in [-0.15, -0.1) is 0 Å². The molecular weight excluding hydrogens is 228 g/mol. The SMILES string of the molecule is CCCOc1cccc(NC(=O)CC(N)CC)c1. The highest BCUT2D eigenvalue weighted by atomic mass is 16.5. The Morgan fingerprint density at radius 2 is 2.22 bits per heavy atom. The van der Waals surface area contributed by atoms with Gasteiger partial charge in [0.25, 0.3) is 0 Å². The van der Waals surface area contributed by atoms with Crippen LogP contribution in [0.15, 0.2) is 24.3 Å². The largest absolute Gasteiger partial charge is 0.494 e. The third kappa shape index (κ3) is 5.19. The Kier molecular flexibility index (Phi) is 6.22. The molecule has 0 saturated heterocycles. The van der Waals surface area contributed by atoms with Gasteiger partial charge in [-0.25, -0.2) is 0 Å². The standard InChI is InChI=1S/C14H22N2O2/c1-3-8-18-13-7-5-6-12(10-13)16-14(17)9-11(15)4-2/h5-7,10-11H,3-4,8-9,15H2,1-2H3,(H,16,17). The molecule has 1 atom stereocenters. The third-order valence-electron chi connectivity index (χ3n) is 2.56. The van der Waals surface area contributed by atoms with Crippen LogP contribution in [-0.4, -0.2) is 18.6 Å². The average Bonchev–Trinajstić information content (AvgIpc) is 2.36. The number of hydrogen-bond acceptors (Lipinski definition) is 3. The fourth-order valence-corrected chi connectivity index (χ4v) is 1.48. The Balaban J connectivity index is 2.53. The maximum Gasteiger partial charge on any atom is 0.225 e. The van der Waals surface area contributed by atoms with Crippen LogP contribution in [-0.2, 0) is 4.79 Å². The summed E-state index contributed by atoms with van der Waals surface area (Å²) in [4.78, 5) is 11.7. The van der Waals surface area contributed by atoms with Crippen LogP contribution >= 0.6 is 0 Å². The molecule has 0 fully saturated rings. The number of rotatable bonds is 7. The van der Waals surface area contributed by atoms with Gasteiger partial charge < -0.3 is 15.8 Å². The smallest absolute Gasteiger partial charge is 0.225 e. The molecule has 0 heterocycles. The summed E-state index contributed by atoms with van der Waals surface area (Å²) in [6.07, 6.45) is 2.10. The van der Waals surface area contributed by atoms with Crippen molar-refractivity contribution < 1.29 is 9.53 Å². The number of carbonyl (C=O) groups is 1. The Morgan fingerprint density at radius 1 is 1.44 bits per heavy atom. The van der Waals surface area contributed by atoms with Crippen LogP contribution in [0, 0.1) is 0 Å². The van der Waals surface area contributed by atoms with Crippen molar-refractivity contribution in [3.05, 3.63) is 24.3 Å². The lowest BCUT2D eigenvalue weighted by Gasteiger charge is -2.10. The molecule has 4 heteroatoms. The summed E-state index contributed by atoms with van der Waals surface area (Å²) in [6.45, 7) is 4.70.